The van der Waals surface area contributed by atoms with Crippen molar-refractivity contribution in [2.45, 2.75) is 44.7 Å². The van der Waals surface area contributed by atoms with Crippen LogP contribution < -0.4 is 5.32 Å². The van der Waals surface area contributed by atoms with E-state index >= 15 is 0 Å². The lowest BCUT2D eigenvalue weighted by Crippen LogP contribution is -2.35. The third-order valence-electron chi connectivity index (χ3n) is 4.13. The smallest absolute Gasteiger partial charge is 0.130 e. The molecule has 1 aromatic rings. The van der Waals surface area contributed by atoms with Crippen LogP contribution in [0.4, 0.5) is 8.78 Å². The van der Waals surface area contributed by atoms with Gasteiger partial charge in [-0.1, -0.05) is 6.07 Å². The summed E-state index contributed by atoms with van der Waals surface area (Å²) in [4.78, 5) is 0. The van der Waals surface area contributed by atoms with E-state index in [1.807, 2.05) is 6.92 Å². The second-order valence-corrected chi connectivity index (χ2v) is 5.75. The zero-order valence-corrected chi connectivity index (χ0v) is 10.6. The second-order valence-electron chi connectivity index (χ2n) is 5.75. The van der Waals surface area contributed by atoms with Gasteiger partial charge in [0, 0.05) is 23.7 Å². The van der Waals surface area contributed by atoms with Crippen molar-refractivity contribution in [3.05, 3.63) is 35.4 Å². The highest BCUT2D eigenvalue weighted by Crippen LogP contribution is 2.45. The number of benzene rings is 1. The Morgan fingerprint density at radius 3 is 2.22 bits per heavy atom. The number of rotatable bonds is 5. The zero-order chi connectivity index (χ0) is 12.7. The molecule has 0 amide bonds. The summed E-state index contributed by atoms with van der Waals surface area (Å²) in [5.41, 5.74) is 0.572. The number of hydrogen-bond donors (Lipinski definition) is 1. The second kappa shape index (κ2) is 4.61. The summed E-state index contributed by atoms with van der Waals surface area (Å²) in [5, 5.41) is 3.55. The molecule has 0 radical (unpaired) electrons. The highest BCUT2D eigenvalue weighted by molar-refractivity contribution is 5.22. The minimum absolute atomic E-state index is 0.0446. The molecule has 2 aliphatic rings. The summed E-state index contributed by atoms with van der Waals surface area (Å²) in [6.07, 6.45) is 5.19. The topological polar surface area (TPSA) is 12.0 Å². The molecule has 3 rings (SSSR count). The lowest BCUT2D eigenvalue weighted by Gasteiger charge is -2.23. The van der Waals surface area contributed by atoms with E-state index in [9.17, 15) is 8.78 Å². The van der Waals surface area contributed by atoms with Crippen molar-refractivity contribution in [1.29, 1.82) is 0 Å². The highest BCUT2D eigenvalue weighted by atomic mass is 19.1. The summed E-state index contributed by atoms with van der Waals surface area (Å²) in [5.74, 6) is 0.608. The van der Waals surface area contributed by atoms with Gasteiger partial charge in [0.05, 0.1) is 0 Å². The van der Waals surface area contributed by atoms with Gasteiger partial charge in [-0.2, -0.15) is 0 Å². The first-order chi connectivity index (χ1) is 8.65. The van der Waals surface area contributed by atoms with Crippen LogP contribution in [0.5, 0.6) is 0 Å². The molecule has 1 aromatic carbocycles. The normalized spacial score (nSPS) is 21.3. The Bertz CT molecular complexity index is 426. The van der Waals surface area contributed by atoms with E-state index in [2.05, 4.69) is 5.32 Å². The Morgan fingerprint density at radius 2 is 1.72 bits per heavy atom. The molecule has 0 spiro atoms. The van der Waals surface area contributed by atoms with Gasteiger partial charge < -0.3 is 5.32 Å². The lowest BCUT2D eigenvalue weighted by atomic mass is 10.0. The van der Waals surface area contributed by atoms with Crippen LogP contribution in [0.1, 0.15) is 44.2 Å². The molecular weight excluding hydrogens is 232 g/mol. The van der Waals surface area contributed by atoms with E-state index in [1.54, 1.807) is 6.07 Å². The van der Waals surface area contributed by atoms with Gasteiger partial charge in [0.1, 0.15) is 11.6 Å². The maximum atomic E-state index is 13.7. The fourth-order valence-electron chi connectivity index (χ4n) is 2.80. The Kier molecular flexibility index (Phi) is 3.10. The molecule has 2 saturated carbocycles. The van der Waals surface area contributed by atoms with Crippen LogP contribution >= 0.6 is 0 Å². The molecule has 3 heteroatoms. The summed E-state index contributed by atoms with van der Waals surface area (Å²) in [6, 6.07) is 4.34. The van der Waals surface area contributed by atoms with Crippen molar-refractivity contribution in [2.24, 2.45) is 11.8 Å². The van der Waals surface area contributed by atoms with E-state index in [4.69, 9.17) is 0 Å². The zero-order valence-electron chi connectivity index (χ0n) is 10.6. The van der Waals surface area contributed by atoms with Crippen LogP contribution in [0.15, 0.2) is 18.2 Å². The summed E-state index contributed by atoms with van der Waals surface area (Å²) < 4.78 is 26.6. The van der Waals surface area contributed by atoms with Gasteiger partial charge in [-0.15, -0.1) is 0 Å². The van der Waals surface area contributed by atoms with Gasteiger partial charge in [-0.3, -0.25) is 0 Å². The maximum absolute atomic E-state index is 13.7. The van der Waals surface area contributed by atoms with Crippen molar-refractivity contribution in [3.8, 4) is 0 Å². The van der Waals surface area contributed by atoms with E-state index in [1.165, 1.54) is 31.7 Å². The molecule has 1 unspecified atom stereocenters. The first kappa shape index (κ1) is 12.1. The first-order valence-corrected chi connectivity index (χ1v) is 6.86. The molecular formula is C15H19F2N. The first-order valence-electron chi connectivity index (χ1n) is 6.86. The summed E-state index contributed by atoms with van der Waals surface area (Å²) in [7, 11) is 0. The fourth-order valence-corrected chi connectivity index (χ4v) is 2.80. The number of nitrogens with one attached hydrogen (secondary N) is 1. The standard InChI is InChI=1S/C15H19F2N/c1-9(13-7-6-12(16)8-14(13)17)18-15(10-2-3-10)11-4-5-11/h6-11,15,18H,2-5H2,1H3. The average Bonchev–Trinajstić information content (AvgIpc) is 3.17. The van der Waals surface area contributed by atoms with Gasteiger partial charge in [0.15, 0.2) is 0 Å². The lowest BCUT2D eigenvalue weighted by molar-refractivity contribution is 0.371. The molecule has 1 N–H and O–H groups in total. The molecule has 0 bridgehead atoms. The Balaban J connectivity index is 1.70. The van der Waals surface area contributed by atoms with Crippen molar-refractivity contribution >= 4 is 0 Å². The monoisotopic (exact) mass is 251 g/mol. The predicted molar refractivity (Wildman–Crippen MR) is 67.1 cm³/mol. The van der Waals surface area contributed by atoms with Crippen LogP contribution in [0, 0.1) is 23.5 Å². The predicted octanol–water partition coefficient (Wildman–Crippen LogP) is 3.80. The molecule has 0 heterocycles. The molecule has 1 nitrogen and oxygen atoms in total. The van der Waals surface area contributed by atoms with Crippen molar-refractivity contribution in [1.82, 2.24) is 5.32 Å². The van der Waals surface area contributed by atoms with Crippen LogP contribution in [0.3, 0.4) is 0 Å². The molecule has 0 saturated heterocycles. The summed E-state index contributed by atoms with van der Waals surface area (Å²) in [6.45, 7) is 1.97. The Labute approximate surface area is 107 Å². The third-order valence-corrected chi connectivity index (χ3v) is 4.13. The van der Waals surface area contributed by atoms with E-state index in [0.29, 0.717) is 11.6 Å². The minimum atomic E-state index is -0.510. The molecule has 1 atom stereocenters. The van der Waals surface area contributed by atoms with Gasteiger partial charge in [-0.05, 0) is 50.5 Å². The Hall–Kier alpha value is -0.960. The molecule has 2 aliphatic carbocycles. The van der Waals surface area contributed by atoms with Gasteiger partial charge in [-0.25, -0.2) is 8.78 Å². The average molecular weight is 251 g/mol. The maximum Gasteiger partial charge on any atom is 0.130 e. The SMILES string of the molecule is CC(NC(C1CC1)C1CC1)c1ccc(F)cc1F. The van der Waals surface area contributed by atoms with E-state index < -0.39 is 11.6 Å². The number of halogens is 2. The molecule has 2 fully saturated rings. The van der Waals surface area contributed by atoms with Crippen molar-refractivity contribution < 1.29 is 8.78 Å². The highest BCUT2D eigenvalue weighted by Gasteiger charge is 2.41. The van der Waals surface area contributed by atoms with E-state index in [0.717, 1.165) is 17.9 Å². The molecule has 0 aromatic heterocycles. The Morgan fingerprint density at radius 1 is 1.11 bits per heavy atom. The molecule has 0 aliphatic heterocycles. The van der Waals surface area contributed by atoms with Crippen molar-refractivity contribution in [2.75, 3.05) is 0 Å². The third kappa shape index (κ3) is 2.56. The van der Waals surface area contributed by atoms with Crippen LogP contribution in [0.25, 0.3) is 0 Å². The fraction of sp³-hybridized carbons (Fsp3) is 0.600. The molecule has 18 heavy (non-hydrogen) atoms. The van der Waals surface area contributed by atoms with Gasteiger partial charge >= 0.3 is 0 Å². The van der Waals surface area contributed by atoms with E-state index in [-0.39, 0.29) is 6.04 Å². The minimum Gasteiger partial charge on any atom is -0.307 e. The van der Waals surface area contributed by atoms with Gasteiger partial charge in [0.25, 0.3) is 0 Å². The van der Waals surface area contributed by atoms with Crippen LogP contribution in [0.2, 0.25) is 0 Å². The molecule has 98 valence electrons. The van der Waals surface area contributed by atoms with Crippen molar-refractivity contribution in [3.63, 3.8) is 0 Å². The number of hydrogen-bond acceptors (Lipinski definition) is 1. The van der Waals surface area contributed by atoms with Gasteiger partial charge in [0.2, 0.25) is 0 Å². The van der Waals surface area contributed by atoms with Crippen LogP contribution in [-0.2, 0) is 0 Å². The largest absolute Gasteiger partial charge is 0.307 e. The van der Waals surface area contributed by atoms with Crippen LogP contribution in [-0.4, -0.2) is 6.04 Å². The quantitative estimate of drug-likeness (QED) is 0.839. The summed E-state index contributed by atoms with van der Waals surface area (Å²) >= 11 is 0.